The highest BCUT2D eigenvalue weighted by molar-refractivity contribution is 6.10. The first-order valence-corrected chi connectivity index (χ1v) is 6.35. The molecule has 1 saturated heterocycles. The number of carbonyl (C=O) groups excluding carboxylic acids is 1. The molecular weight excluding hydrogens is 240 g/mol. The van der Waals surface area contributed by atoms with Crippen LogP contribution < -0.4 is 5.73 Å². The van der Waals surface area contributed by atoms with Gasteiger partial charge in [-0.3, -0.25) is 9.78 Å². The van der Waals surface area contributed by atoms with Crippen LogP contribution in [0.15, 0.2) is 36.5 Å². The van der Waals surface area contributed by atoms with E-state index in [0.29, 0.717) is 18.8 Å². The predicted molar refractivity (Wildman–Crippen MR) is 73.0 cm³/mol. The zero-order valence-corrected chi connectivity index (χ0v) is 10.8. The summed E-state index contributed by atoms with van der Waals surface area (Å²) in [7, 11) is 0. The molecule has 0 saturated carbocycles. The summed E-state index contributed by atoms with van der Waals surface area (Å²) in [4.78, 5) is 17.1. The standard InChI is InChI=1S/C15H16N2O2/c1-15(9-19-8-13(15)16)14(18)11-4-2-6-12-10(11)5-3-7-17-12/h2-7,13H,8-9,16H2,1H3. The Morgan fingerprint density at radius 1 is 1.42 bits per heavy atom. The van der Waals surface area contributed by atoms with Crippen LogP contribution in [0.1, 0.15) is 17.3 Å². The van der Waals surface area contributed by atoms with Crippen LogP contribution in [0.4, 0.5) is 0 Å². The third kappa shape index (κ3) is 1.84. The lowest BCUT2D eigenvalue weighted by atomic mass is 9.78. The second kappa shape index (κ2) is 4.40. The van der Waals surface area contributed by atoms with Gasteiger partial charge < -0.3 is 10.5 Å². The maximum atomic E-state index is 12.8. The summed E-state index contributed by atoms with van der Waals surface area (Å²) < 4.78 is 5.37. The third-order valence-corrected chi connectivity index (χ3v) is 3.93. The minimum atomic E-state index is -0.649. The van der Waals surface area contributed by atoms with Gasteiger partial charge in [-0.1, -0.05) is 18.2 Å². The van der Waals surface area contributed by atoms with Crippen molar-refractivity contribution in [2.45, 2.75) is 13.0 Å². The highest BCUT2D eigenvalue weighted by Gasteiger charge is 2.44. The van der Waals surface area contributed by atoms with Gasteiger partial charge in [0.2, 0.25) is 0 Å². The number of hydrogen-bond acceptors (Lipinski definition) is 4. The van der Waals surface area contributed by atoms with Crippen LogP contribution in [0.3, 0.4) is 0 Å². The Hall–Kier alpha value is -1.78. The lowest BCUT2D eigenvalue weighted by molar-refractivity contribution is 0.0769. The number of ether oxygens (including phenoxy) is 1. The second-order valence-corrected chi connectivity index (χ2v) is 5.24. The Kier molecular flexibility index (Phi) is 2.84. The molecule has 1 aliphatic heterocycles. The summed E-state index contributed by atoms with van der Waals surface area (Å²) in [6, 6.07) is 9.09. The van der Waals surface area contributed by atoms with E-state index in [1.54, 1.807) is 6.20 Å². The van der Waals surface area contributed by atoms with Crippen LogP contribution in [0.2, 0.25) is 0 Å². The Bertz CT molecular complexity index is 636. The maximum Gasteiger partial charge on any atom is 0.173 e. The molecule has 4 nitrogen and oxygen atoms in total. The SMILES string of the molecule is CC1(C(=O)c2cccc3ncccc23)COCC1N. The van der Waals surface area contributed by atoms with E-state index in [1.165, 1.54) is 0 Å². The van der Waals surface area contributed by atoms with Gasteiger partial charge in [-0.15, -0.1) is 0 Å². The molecule has 1 fully saturated rings. The average molecular weight is 256 g/mol. The number of Topliss-reactive ketones (excluding diaryl/α,β-unsaturated/α-hetero) is 1. The van der Waals surface area contributed by atoms with Crippen LogP contribution in [0.25, 0.3) is 10.9 Å². The largest absolute Gasteiger partial charge is 0.379 e. The average Bonchev–Trinajstić information content (AvgIpc) is 2.78. The molecule has 2 N–H and O–H groups in total. The van der Waals surface area contributed by atoms with E-state index >= 15 is 0 Å². The number of aromatic nitrogens is 1. The monoisotopic (exact) mass is 256 g/mol. The number of pyridine rings is 1. The first kappa shape index (κ1) is 12.3. The first-order valence-electron chi connectivity index (χ1n) is 6.35. The van der Waals surface area contributed by atoms with Gasteiger partial charge in [0, 0.05) is 23.2 Å². The van der Waals surface area contributed by atoms with E-state index in [0.717, 1.165) is 10.9 Å². The Morgan fingerprint density at radius 3 is 3.00 bits per heavy atom. The van der Waals surface area contributed by atoms with Crippen molar-refractivity contribution in [3.8, 4) is 0 Å². The fourth-order valence-corrected chi connectivity index (χ4v) is 2.53. The first-order chi connectivity index (χ1) is 9.13. The molecule has 0 radical (unpaired) electrons. The van der Waals surface area contributed by atoms with Gasteiger partial charge in [0.25, 0.3) is 0 Å². The van der Waals surface area contributed by atoms with Crippen molar-refractivity contribution in [3.63, 3.8) is 0 Å². The minimum absolute atomic E-state index is 0.0381. The summed E-state index contributed by atoms with van der Waals surface area (Å²) in [5, 5.41) is 0.871. The molecule has 4 heteroatoms. The van der Waals surface area contributed by atoms with E-state index in [9.17, 15) is 4.79 Å². The van der Waals surface area contributed by atoms with Crippen LogP contribution in [0.5, 0.6) is 0 Å². The van der Waals surface area contributed by atoms with Crippen molar-refractivity contribution in [1.29, 1.82) is 0 Å². The lowest BCUT2D eigenvalue weighted by Gasteiger charge is -2.25. The zero-order chi connectivity index (χ0) is 13.5. The molecule has 1 aromatic heterocycles. The van der Waals surface area contributed by atoms with Crippen molar-refractivity contribution in [2.24, 2.45) is 11.1 Å². The quantitative estimate of drug-likeness (QED) is 0.832. The van der Waals surface area contributed by atoms with Gasteiger partial charge >= 0.3 is 0 Å². The van der Waals surface area contributed by atoms with E-state index in [2.05, 4.69) is 4.98 Å². The number of rotatable bonds is 2. The number of hydrogen-bond donors (Lipinski definition) is 1. The summed E-state index contributed by atoms with van der Waals surface area (Å²) in [5.74, 6) is 0.0381. The fourth-order valence-electron chi connectivity index (χ4n) is 2.53. The Balaban J connectivity index is 2.12. The number of ketones is 1. The van der Waals surface area contributed by atoms with Crippen LogP contribution >= 0.6 is 0 Å². The van der Waals surface area contributed by atoms with Gasteiger partial charge in [-0.2, -0.15) is 0 Å². The molecule has 0 bridgehead atoms. The number of nitrogens with two attached hydrogens (primary N) is 1. The molecule has 1 aliphatic rings. The molecule has 1 aromatic carbocycles. The van der Waals surface area contributed by atoms with Gasteiger partial charge in [0.1, 0.15) is 0 Å². The Morgan fingerprint density at radius 2 is 2.26 bits per heavy atom. The number of carbonyl (C=O) groups is 1. The number of fused-ring (bicyclic) bond motifs is 1. The molecule has 3 rings (SSSR count). The summed E-state index contributed by atoms with van der Waals surface area (Å²) >= 11 is 0. The molecule has 0 amide bonds. The summed E-state index contributed by atoms with van der Waals surface area (Å²) in [6.07, 6.45) is 1.72. The fraction of sp³-hybridized carbons (Fsp3) is 0.333. The van der Waals surface area contributed by atoms with E-state index in [4.69, 9.17) is 10.5 Å². The smallest absolute Gasteiger partial charge is 0.173 e. The van der Waals surface area contributed by atoms with E-state index in [1.807, 2.05) is 37.3 Å². The highest BCUT2D eigenvalue weighted by Crippen LogP contribution is 2.33. The number of benzene rings is 1. The van der Waals surface area contributed by atoms with Gasteiger partial charge in [-0.05, 0) is 19.1 Å². The van der Waals surface area contributed by atoms with Crippen molar-refractivity contribution < 1.29 is 9.53 Å². The lowest BCUT2D eigenvalue weighted by Crippen LogP contribution is -2.44. The van der Waals surface area contributed by atoms with Crippen LogP contribution in [-0.2, 0) is 4.74 Å². The van der Waals surface area contributed by atoms with Gasteiger partial charge in [-0.25, -0.2) is 0 Å². The molecule has 2 heterocycles. The maximum absolute atomic E-state index is 12.8. The summed E-state index contributed by atoms with van der Waals surface area (Å²) in [6.45, 7) is 2.69. The molecule has 98 valence electrons. The van der Waals surface area contributed by atoms with Crippen molar-refractivity contribution >= 4 is 16.7 Å². The Labute approximate surface area is 111 Å². The van der Waals surface area contributed by atoms with Crippen molar-refractivity contribution in [2.75, 3.05) is 13.2 Å². The van der Waals surface area contributed by atoms with E-state index < -0.39 is 5.41 Å². The second-order valence-electron chi connectivity index (χ2n) is 5.24. The summed E-state index contributed by atoms with van der Waals surface area (Å²) in [5.41, 5.74) is 6.88. The molecule has 2 aromatic rings. The van der Waals surface area contributed by atoms with Crippen LogP contribution in [0, 0.1) is 5.41 Å². The van der Waals surface area contributed by atoms with Gasteiger partial charge in [0.15, 0.2) is 5.78 Å². The molecule has 2 atom stereocenters. The van der Waals surface area contributed by atoms with E-state index in [-0.39, 0.29) is 11.8 Å². The molecule has 2 unspecified atom stereocenters. The molecule has 19 heavy (non-hydrogen) atoms. The minimum Gasteiger partial charge on any atom is -0.379 e. The highest BCUT2D eigenvalue weighted by atomic mass is 16.5. The number of nitrogens with zero attached hydrogens (tertiary/aromatic N) is 1. The van der Waals surface area contributed by atoms with Crippen molar-refractivity contribution in [1.82, 2.24) is 4.98 Å². The van der Waals surface area contributed by atoms with Gasteiger partial charge in [0.05, 0.1) is 24.1 Å². The van der Waals surface area contributed by atoms with Crippen LogP contribution in [-0.4, -0.2) is 30.0 Å². The predicted octanol–water partition coefficient (Wildman–Crippen LogP) is 1.78. The molecular formula is C15H16N2O2. The molecule has 0 aliphatic carbocycles. The van der Waals surface area contributed by atoms with Crippen molar-refractivity contribution in [3.05, 3.63) is 42.1 Å². The zero-order valence-electron chi connectivity index (χ0n) is 10.8. The third-order valence-electron chi connectivity index (χ3n) is 3.93. The molecule has 0 spiro atoms. The topological polar surface area (TPSA) is 65.2 Å². The normalized spacial score (nSPS) is 26.7.